The van der Waals surface area contributed by atoms with E-state index in [0.717, 1.165) is 0 Å². The quantitative estimate of drug-likeness (QED) is 0.685. The fourth-order valence-electron chi connectivity index (χ4n) is 2.24. The summed E-state index contributed by atoms with van der Waals surface area (Å²) in [5.41, 5.74) is -3.82. The van der Waals surface area contributed by atoms with Crippen molar-refractivity contribution in [2.45, 2.75) is 51.7 Å². The third-order valence-electron chi connectivity index (χ3n) is 3.26. The van der Waals surface area contributed by atoms with Crippen molar-refractivity contribution in [3.63, 3.8) is 0 Å². The van der Waals surface area contributed by atoms with Gasteiger partial charge in [0, 0.05) is 6.42 Å². The van der Waals surface area contributed by atoms with Crippen molar-refractivity contribution in [2.24, 2.45) is 5.41 Å². The third-order valence-corrected chi connectivity index (χ3v) is 3.26. The van der Waals surface area contributed by atoms with Gasteiger partial charge in [-0.25, -0.2) is 9.59 Å². The summed E-state index contributed by atoms with van der Waals surface area (Å²) in [6.45, 7) is 6.38. The molecule has 0 saturated carbocycles. The first-order chi connectivity index (χ1) is 9.40. The lowest BCUT2D eigenvalue weighted by Crippen LogP contribution is -2.59. The van der Waals surface area contributed by atoms with Crippen LogP contribution in [0.1, 0.15) is 40.5 Å². The molecule has 1 aliphatic carbocycles. The van der Waals surface area contributed by atoms with Crippen molar-refractivity contribution >= 4 is 18.0 Å². The van der Waals surface area contributed by atoms with Crippen LogP contribution < -0.4 is 5.32 Å². The van der Waals surface area contributed by atoms with Gasteiger partial charge in [-0.3, -0.25) is 4.79 Å². The predicted octanol–water partition coefficient (Wildman–Crippen LogP) is 1.78. The molecule has 0 bridgehead atoms. The second kappa shape index (κ2) is 5.38. The first-order valence-corrected chi connectivity index (χ1v) is 6.56. The lowest BCUT2D eigenvalue weighted by molar-refractivity contribution is -0.151. The van der Waals surface area contributed by atoms with Gasteiger partial charge in [0.25, 0.3) is 0 Å². The molecule has 0 saturated heterocycles. The molecule has 0 spiro atoms. The van der Waals surface area contributed by atoms with Crippen LogP contribution in [0.25, 0.3) is 0 Å². The van der Waals surface area contributed by atoms with Gasteiger partial charge in [-0.1, -0.05) is 12.2 Å². The summed E-state index contributed by atoms with van der Waals surface area (Å²) in [7, 11) is 0. The minimum Gasteiger partial charge on any atom is -0.481 e. The second-order valence-corrected chi connectivity index (χ2v) is 6.52. The molecular formula is C14H21NO6. The van der Waals surface area contributed by atoms with Crippen LogP contribution in [0, 0.1) is 5.41 Å². The van der Waals surface area contributed by atoms with Crippen LogP contribution in [-0.4, -0.2) is 39.4 Å². The van der Waals surface area contributed by atoms with Crippen LogP contribution in [0.4, 0.5) is 4.79 Å². The topological polar surface area (TPSA) is 113 Å². The molecule has 0 fully saturated rings. The minimum absolute atomic E-state index is 0.00441. The number of amides is 1. The van der Waals surface area contributed by atoms with Gasteiger partial charge in [0.1, 0.15) is 11.1 Å². The summed E-state index contributed by atoms with van der Waals surface area (Å²) in [4.78, 5) is 34.8. The molecule has 1 amide bonds. The molecule has 0 aromatic rings. The predicted molar refractivity (Wildman–Crippen MR) is 73.9 cm³/mol. The number of hydrogen-bond donors (Lipinski definition) is 3. The Morgan fingerprint density at radius 2 is 1.76 bits per heavy atom. The number of carboxylic acid groups (broad SMARTS) is 2. The van der Waals surface area contributed by atoms with Crippen LogP contribution in [0.15, 0.2) is 12.2 Å². The molecule has 0 aromatic heterocycles. The molecule has 7 nitrogen and oxygen atoms in total. The summed E-state index contributed by atoms with van der Waals surface area (Å²) in [5, 5.41) is 21.0. The number of ether oxygens (including phenoxy) is 1. The molecule has 0 heterocycles. The van der Waals surface area contributed by atoms with Crippen molar-refractivity contribution in [3.05, 3.63) is 12.2 Å². The van der Waals surface area contributed by atoms with Crippen LogP contribution >= 0.6 is 0 Å². The Labute approximate surface area is 123 Å². The van der Waals surface area contributed by atoms with E-state index in [9.17, 15) is 24.6 Å². The van der Waals surface area contributed by atoms with Gasteiger partial charge in [-0.05, 0) is 34.1 Å². The van der Waals surface area contributed by atoms with E-state index >= 15 is 0 Å². The molecule has 1 rings (SSSR count). The summed E-state index contributed by atoms with van der Waals surface area (Å²) in [6, 6.07) is 0. The van der Waals surface area contributed by atoms with Gasteiger partial charge in [0.05, 0.1) is 5.41 Å². The molecule has 7 heteroatoms. The lowest BCUT2D eigenvalue weighted by atomic mass is 9.71. The maximum absolute atomic E-state index is 11.8. The Balaban J connectivity index is 3.02. The smallest absolute Gasteiger partial charge is 0.408 e. The van der Waals surface area contributed by atoms with Crippen molar-refractivity contribution in [1.82, 2.24) is 5.32 Å². The van der Waals surface area contributed by atoms with Crippen molar-refractivity contribution < 1.29 is 29.3 Å². The fourth-order valence-corrected chi connectivity index (χ4v) is 2.24. The molecule has 118 valence electrons. The zero-order chi connectivity index (χ0) is 16.5. The average molecular weight is 299 g/mol. The van der Waals surface area contributed by atoms with E-state index < -0.39 is 34.6 Å². The van der Waals surface area contributed by atoms with Gasteiger partial charge >= 0.3 is 18.0 Å². The first-order valence-electron chi connectivity index (χ1n) is 6.56. The SMILES string of the molecule is CC(C)(C)OC(=O)NC1(C(=O)O)CC=CC(C)(C(=O)O)C1. The Kier molecular flexibility index (Phi) is 4.36. The number of carbonyl (C=O) groups excluding carboxylic acids is 1. The van der Waals surface area contributed by atoms with E-state index in [1.165, 1.54) is 19.1 Å². The number of nitrogens with one attached hydrogen (secondary N) is 1. The van der Waals surface area contributed by atoms with Gasteiger partial charge in [0.2, 0.25) is 0 Å². The molecule has 0 aromatic carbocycles. The number of alkyl carbamates (subject to hydrolysis) is 1. The molecule has 1 aliphatic rings. The van der Waals surface area contributed by atoms with E-state index in [0.29, 0.717) is 0 Å². The van der Waals surface area contributed by atoms with Gasteiger partial charge < -0.3 is 20.3 Å². The zero-order valence-corrected chi connectivity index (χ0v) is 12.6. The maximum Gasteiger partial charge on any atom is 0.408 e. The highest BCUT2D eigenvalue weighted by Crippen LogP contribution is 2.37. The van der Waals surface area contributed by atoms with Crippen molar-refractivity contribution in [2.75, 3.05) is 0 Å². The highest BCUT2D eigenvalue weighted by molar-refractivity contribution is 5.87. The molecule has 21 heavy (non-hydrogen) atoms. The Morgan fingerprint density at radius 3 is 2.19 bits per heavy atom. The number of aliphatic carboxylic acids is 2. The van der Waals surface area contributed by atoms with E-state index in [2.05, 4.69) is 5.32 Å². The van der Waals surface area contributed by atoms with Crippen LogP contribution in [0.3, 0.4) is 0 Å². The zero-order valence-electron chi connectivity index (χ0n) is 12.6. The van der Waals surface area contributed by atoms with Crippen molar-refractivity contribution in [3.8, 4) is 0 Å². The molecule has 3 N–H and O–H groups in total. The summed E-state index contributed by atoms with van der Waals surface area (Å²) in [5.74, 6) is -2.43. The van der Waals surface area contributed by atoms with Gasteiger partial charge in [0.15, 0.2) is 0 Å². The lowest BCUT2D eigenvalue weighted by Gasteiger charge is -2.38. The highest BCUT2D eigenvalue weighted by Gasteiger charge is 2.50. The molecule has 2 unspecified atom stereocenters. The van der Waals surface area contributed by atoms with Gasteiger partial charge in [-0.2, -0.15) is 0 Å². The Hall–Kier alpha value is -2.05. The number of carbonyl (C=O) groups is 3. The number of carboxylic acids is 2. The molecule has 2 atom stereocenters. The monoisotopic (exact) mass is 299 g/mol. The van der Waals surface area contributed by atoms with Crippen molar-refractivity contribution in [1.29, 1.82) is 0 Å². The second-order valence-electron chi connectivity index (χ2n) is 6.52. The number of rotatable bonds is 3. The Morgan fingerprint density at radius 1 is 1.19 bits per heavy atom. The molecular weight excluding hydrogens is 278 g/mol. The standard InChI is InChI=1S/C14H21NO6/c1-12(2,3)21-11(20)15-14(10(18)19)7-5-6-13(4,8-14)9(16)17/h5-6H,7-8H2,1-4H3,(H,15,20)(H,16,17)(H,18,19). The van der Waals surface area contributed by atoms with Crippen LogP contribution in [-0.2, 0) is 14.3 Å². The highest BCUT2D eigenvalue weighted by atomic mass is 16.6. The van der Waals surface area contributed by atoms with Crippen LogP contribution in [0.2, 0.25) is 0 Å². The van der Waals surface area contributed by atoms with E-state index in [-0.39, 0.29) is 12.8 Å². The normalized spacial score (nSPS) is 28.8. The van der Waals surface area contributed by atoms with Crippen LogP contribution in [0.5, 0.6) is 0 Å². The molecule has 0 radical (unpaired) electrons. The Bertz CT molecular complexity index is 492. The van der Waals surface area contributed by atoms with Gasteiger partial charge in [-0.15, -0.1) is 0 Å². The van der Waals surface area contributed by atoms with E-state index in [4.69, 9.17) is 4.74 Å². The number of hydrogen-bond acceptors (Lipinski definition) is 4. The average Bonchev–Trinajstić information content (AvgIpc) is 2.25. The molecule has 0 aliphatic heterocycles. The summed E-state index contributed by atoms with van der Waals surface area (Å²) < 4.78 is 5.06. The first kappa shape index (κ1) is 17.0. The fraction of sp³-hybridized carbons (Fsp3) is 0.643. The van der Waals surface area contributed by atoms with E-state index in [1.54, 1.807) is 20.8 Å². The van der Waals surface area contributed by atoms with E-state index in [1.807, 2.05) is 0 Å². The third kappa shape index (κ3) is 3.96. The largest absolute Gasteiger partial charge is 0.481 e. The summed E-state index contributed by atoms with van der Waals surface area (Å²) in [6.07, 6.45) is 1.79. The minimum atomic E-state index is -1.69. The summed E-state index contributed by atoms with van der Waals surface area (Å²) >= 11 is 0. The maximum atomic E-state index is 11.8.